The number of aliphatic hydroxyl groups excluding tert-OH is 1. The Balaban J connectivity index is 2.77. The topological polar surface area (TPSA) is 102 Å². The molecule has 0 aliphatic heterocycles. The van der Waals surface area contributed by atoms with Crippen molar-refractivity contribution in [2.24, 2.45) is 11.5 Å². The highest BCUT2D eigenvalue weighted by Crippen LogP contribution is 2.10. The Hall–Kier alpha value is -0.820. The van der Waals surface area contributed by atoms with Crippen molar-refractivity contribution in [3.05, 3.63) is 16.1 Å². The summed E-state index contributed by atoms with van der Waals surface area (Å²) in [7, 11) is 0. The monoisotopic (exact) mass is 201 g/mol. The van der Waals surface area contributed by atoms with Crippen LogP contribution in [0.3, 0.4) is 0 Å². The summed E-state index contributed by atoms with van der Waals surface area (Å²) in [4.78, 5) is 15.3. The molecule has 0 bridgehead atoms. The molecule has 0 radical (unpaired) electrons. The van der Waals surface area contributed by atoms with Crippen molar-refractivity contribution in [3.63, 3.8) is 0 Å². The van der Waals surface area contributed by atoms with Gasteiger partial charge in [0.25, 0.3) is 0 Å². The van der Waals surface area contributed by atoms with E-state index in [-0.39, 0.29) is 12.4 Å². The highest BCUT2D eigenvalue weighted by molar-refractivity contribution is 7.11. The van der Waals surface area contributed by atoms with Crippen LogP contribution in [-0.4, -0.2) is 28.5 Å². The molecule has 0 amide bonds. The molecule has 13 heavy (non-hydrogen) atoms. The minimum absolute atomic E-state index is 0.304. The maximum absolute atomic E-state index is 11.3. The molecule has 5 N–H and O–H groups in total. The first-order valence-electron chi connectivity index (χ1n) is 3.74. The molecule has 1 aromatic rings. The van der Waals surface area contributed by atoms with Gasteiger partial charge in [-0.2, -0.15) is 0 Å². The number of aliphatic hydroxyl groups is 1. The quantitative estimate of drug-likeness (QED) is 0.548. The fourth-order valence-corrected chi connectivity index (χ4v) is 1.59. The van der Waals surface area contributed by atoms with Gasteiger partial charge in [-0.05, 0) is 0 Å². The van der Waals surface area contributed by atoms with Gasteiger partial charge in [0.2, 0.25) is 5.78 Å². The molecule has 0 aromatic carbocycles. The van der Waals surface area contributed by atoms with Crippen molar-refractivity contribution in [2.45, 2.75) is 12.6 Å². The van der Waals surface area contributed by atoms with Gasteiger partial charge in [-0.25, -0.2) is 4.98 Å². The maximum atomic E-state index is 11.3. The number of nitrogens with zero attached hydrogens (tertiary/aromatic N) is 1. The summed E-state index contributed by atoms with van der Waals surface area (Å²) in [6.07, 6.45) is 0. The van der Waals surface area contributed by atoms with E-state index in [1.165, 1.54) is 11.3 Å². The fourth-order valence-electron chi connectivity index (χ4n) is 0.755. The summed E-state index contributed by atoms with van der Waals surface area (Å²) in [6, 6.07) is -0.878. The zero-order valence-corrected chi connectivity index (χ0v) is 7.75. The number of hydrogen-bond acceptors (Lipinski definition) is 6. The number of hydrogen-bond donors (Lipinski definition) is 3. The van der Waals surface area contributed by atoms with Gasteiger partial charge in [-0.15, -0.1) is 11.3 Å². The molecule has 0 spiro atoms. The molecule has 1 rings (SSSR count). The second kappa shape index (κ2) is 4.43. The van der Waals surface area contributed by atoms with Gasteiger partial charge < -0.3 is 16.6 Å². The maximum Gasteiger partial charge on any atom is 0.210 e. The summed E-state index contributed by atoms with van der Waals surface area (Å²) < 4.78 is 0. The van der Waals surface area contributed by atoms with Crippen LogP contribution in [-0.2, 0) is 6.54 Å². The Morgan fingerprint density at radius 2 is 2.46 bits per heavy atom. The zero-order valence-electron chi connectivity index (χ0n) is 6.93. The molecular weight excluding hydrogens is 190 g/mol. The van der Waals surface area contributed by atoms with Crippen LogP contribution < -0.4 is 11.5 Å². The number of ketones is 1. The summed E-state index contributed by atoms with van der Waals surface area (Å²) in [5.74, 6) is -0.341. The molecule has 6 heteroatoms. The molecule has 0 saturated heterocycles. The molecule has 72 valence electrons. The average molecular weight is 201 g/mol. The molecule has 1 heterocycles. The van der Waals surface area contributed by atoms with E-state index in [2.05, 4.69) is 4.98 Å². The summed E-state index contributed by atoms with van der Waals surface area (Å²) in [5, 5.41) is 10.6. The standard InChI is InChI=1S/C7H11N3O2S/c8-1-4-3-13-7(10-4)6(12)5(9)2-11/h3,5,11H,1-2,8-9H2/t5-/m1/s1. The lowest BCUT2D eigenvalue weighted by Gasteiger charge is -2.02. The number of carbonyl (C=O) groups is 1. The molecule has 0 aliphatic rings. The lowest BCUT2D eigenvalue weighted by molar-refractivity contribution is 0.0925. The normalized spacial score (nSPS) is 12.8. The van der Waals surface area contributed by atoms with Crippen molar-refractivity contribution in [2.75, 3.05) is 6.61 Å². The van der Waals surface area contributed by atoms with Gasteiger partial charge in [0.1, 0.15) is 0 Å². The molecular formula is C7H11N3O2S. The first kappa shape index (κ1) is 10.3. The minimum atomic E-state index is -0.878. The minimum Gasteiger partial charge on any atom is -0.394 e. The van der Waals surface area contributed by atoms with E-state index in [0.29, 0.717) is 17.2 Å². The molecule has 1 atom stereocenters. The lowest BCUT2D eigenvalue weighted by Crippen LogP contribution is -2.33. The van der Waals surface area contributed by atoms with E-state index in [9.17, 15) is 4.79 Å². The number of Topliss-reactive ketones (excluding diaryl/α,β-unsaturated/α-hetero) is 1. The smallest absolute Gasteiger partial charge is 0.210 e. The number of carbonyl (C=O) groups excluding carboxylic acids is 1. The highest BCUT2D eigenvalue weighted by Gasteiger charge is 2.17. The number of thiazole rings is 1. The number of rotatable bonds is 4. The van der Waals surface area contributed by atoms with E-state index in [4.69, 9.17) is 16.6 Å². The molecule has 5 nitrogen and oxygen atoms in total. The zero-order chi connectivity index (χ0) is 9.84. The van der Waals surface area contributed by atoms with Crippen LogP contribution in [0.25, 0.3) is 0 Å². The SMILES string of the molecule is NCc1csc(C(=O)[C@H](N)CO)n1. The third-order valence-corrected chi connectivity index (χ3v) is 2.41. The Kier molecular flexibility index (Phi) is 3.49. The van der Waals surface area contributed by atoms with E-state index < -0.39 is 6.04 Å². The van der Waals surface area contributed by atoms with Crippen LogP contribution in [0.2, 0.25) is 0 Å². The van der Waals surface area contributed by atoms with Gasteiger partial charge in [-0.1, -0.05) is 0 Å². The molecule has 0 fully saturated rings. The van der Waals surface area contributed by atoms with Gasteiger partial charge in [0.15, 0.2) is 5.01 Å². The van der Waals surface area contributed by atoms with E-state index in [1.807, 2.05) is 0 Å². The number of aromatic nitrogens is 1. The molecule has 0 saturated carbocycles. The Morgan fingerprint density at radius 3 is 2.92 bits per heavy atom. The Morgan fingerprint density at radius 1 is 1.77 bits per heavy atom. The molecule has 0 unspecified atom stereocenters. The summed E-state index contributed by atoms with van der Waals surface area (Å²) >= 11 is 1.19. The average Bonchev–Trinajstić information content (AvgIpc) is 2.63. The molecule has 0 aliphatic carbocycles. The van der Waals surface area contributed by atoms with Crippen LogP contribution in [0.1, 0.15) is 15.5 Å². The predicted octanol–water partition coefficient (Wildman–Crippen LogP) is -0.896. The highest BCUT2D eigenvalue weighted by atomic mass is 32.1. The van der Waals surface area contributed by atoms with E-state index in [0.717, 1.165) is 0 Å². The van der Waals surface area contributed by atoms with Gasteiger partial charge in [-0.3, -0.25) is 4.79 Å². The van der Waals surface area contributed by atoms with Crippen molar-refractivity contribution < 1.29 is 9.90 Å². The van der Waals surface area contributed by atoms with Crippen LogP contribution >= 0.6 is 11.3 Å². The van der Waals surface area contributed by atoms with Gasteiger partial charge >= 0.3 is 0 Å². The van der Waals surface area contributed by atoms with E-state index in [1.54, 1.807) is 5.38 Å². The second-order valence-electron chi connectivity index (χ2n) is 2.50. The first-order valence-corrected chi connectivity index (χ1v) is 4.62. The van der Waals surface area contributed by atoms with Crippen LogP contribution in [0.15, 0.2) is 5.38 Å². The third-order valence-electron chi connectivity index (χ3n) is 1.51. The lowest BCUT2D eigenvalue weighted by atomic mass is 10.2. The second-order valence-corrected chi connectivity index (χ2v) is 3.36. The van der Waals surface area contributed by atoms with Crippen LogP contribution in [0.4, 0.5) is 0 Å². The molecule has 1 aromatic heterocycles. The van der Waals surface area contributed by atoms with Crippen molar-refractivity contribution in [3.8, 4) is 0 Å². The summed E-state index contributed by atoms with van der Waals surface area (Å²) in [6.45, 7) is -0.0610. The summed E-state index contributed by atoms with van der Waals surface area (Å²) in [5.41, 5.74) is 11.3. The van der Waals surface area contributed by atoms with Crippen LogP contribution in [0, 0.1) is 0 Å². The van der Waals surface area contributed by atoms with Crippen LogP contribution in [0.5, 0.6) is 0 Å². The number of nitrogens with two attached hydrogens (primary N) is 2. The Labute approximate surface area is 79.4 Å². The largest absolute Gasteiger partial charge is 0.394 e. The van der Waals surface area contributed by atoms with Gasteiger partial charge in [0.05, 0.1) is 18.3 Å². The third kappa shape index (κ3) is 2.31. The van der Waals surface area contributed by atoms with E-state index >= 15 is 0 Å². The predicted molar refractivity (Wildman–Crippen MR) is 49.4 cm³/mol. The Bertz CT molecular complexity index is 300. The van der Waals surface area contributed by atoms with Crippen molar-refractivity contribution >= 4 is 17.1 Å². The van der Waals surface area contributed by atoms with Gasteiger partial charge in [0, 0.05) is 11.9 Å². The van der Waals surface area contributed by atoms with Crippen molar-refractivity contribution in [1.82, 2.24) is 4.98 Å². The fraction of sp³-hybridized carbons (Fsp3) is 0.429. The van der Waals surface area contributed by atoms with Crippen molar-refractivity contribution in [1.29, 1.82) is 0 Å². The first-order chi connectivity index (χ1) is 6.19.